The zero-order chi connectivity index (χ0) is 18.5. The molecule has 0 saturated heterocycles. The average molecular weight is 369 g/mol. The molecule has 2 aromatic rings. The van der Waals surface area contributed by atoms with Crippen LogP contribution in [0.4, 0.5) is 5.00 Å². The molecule has 26 heavy (non-hydrogen) atoms. The lowest BCUT2D eigenvalue weighted by molar-refractivity contribution is 0.102. The number of fused-ring (bicyclic) bond motifs is 1. The van der Waals surface area contributed by atoms with Crippen LogP contribution in [0.2, 0.25) is 0 Å². The van der Waals surface area contributed by atoms with Gasteiger partial charge in [0.05, 0.1) is 12.2 Å². The normalized spacial score (nSPS) is 15.8. The molecule has 1 aliphatic carbocycles. The highest BCUT2D eigenvalue weighted by molar-refractivity contribution is 7.16. The van der Waals surface area contributed by atoms with Gasteiger partial charge in [-0.3, -0.25) is 4.79 Å². The fraction of sp³-hybridized carbons (Fsp3) is 0.429. The van der Waals surface area contributed by atoms with Gasteiger partial charge in [0.2, 0.25) is 0 Å². The van der Waals surface area contributed by atoms with E-state index in [1.165, 1.54) is 4.88 Å². The molecule has 0 saturated carbocycles. The topological polar surface area (TPSA) is 62.1 Å². The zero-order valence-electron chi connectivity index (χ0n) is 15.3. The van der Waals surface area contributed by atoms with E-state index in [1.807, 2.05) is 12.1 Å². The van der Waals surface area contributed by atoms with Crippen molar-refractivity contribution >= 4 is 22.2 Å². The molecule has 1 aliphatic rings. The molecular formula is C21H24N2O2S. The van der Waals surface area contributed by atoms with E-state index >= 15 is 0 Å². The number of hydrogen-bond donors (Lipinski definition) is 1. The molecule has 0 fully saturated rings. The van der Waals surface area contributed by atoms with Crippen LogP contribution in [-0.4, -0.2) is 12.5 Å². The third-order valence-corrected chi connectivity index (χ3v) is 5.90. The van der Waals surface area contributed by atoms with E-state index in [1.54, 1.807) is 23.5 Å². The van der Waals surface area contributed by atoms with Crippen molar-refractivity contribution in [3.8, 4) is 11.8 Å². The monoisotopic (exact) mass is 368 g/mol. The lowest BCUT2D eigenvalue weighted by Gasteiger charge is -2.17. The van der Waals surface area contributed by atoms with E-state index in [2.05, 4.69) is 25.2 Å². The standard InChI is InChI=1S/C21H24N2O2S/c1-3-4-11-25-16-8-6-15(7-9-16)20(24)23-21-18(13-22)17-10-5-14(2)12-19(17)26-21/h6-9,14H,3-5,10-12H2,1-2H3,(H,23,24). The highest BCUT2D eigenvalue weighted by Crippen LogP contribution is 2.39. The maximum absolute atomic E-state index is 12.6. The van der Waals surface area contributed by atoms with E-state index in [9.17, 15) is 10.1 Å². The van der Waals surface area contributed by atoms with Crippen molar-refractivity contribution in [2.75, 3.05) is 11.9 Å². The van der Waals surface area contributed by atoms with Crippen LogP contribution < -0.4 is 10.1 Å². The second-order valence-corrected chi connectivity index (χ2v) is 7.95. The first-order valence-electron chi connectivity index (χ1n) is 9.21. The number of rotatable bonds is 6. The van der Waals surface area contributed by atoms with Crippen LogP contribution in [-0.2, 0) is 12.8 Å². The second-order valence-electron chi connectivity index (χ2n) is 6.85. The van der Waals surface area contributed by atoms with Gasteiger partial charge in [-0.1, -0.05) is 20.3 Å². The van der Waals surface area contributed by atoms with Crippen molar-refractivity contribution in [2.24, 2.45) is 5.92 Å². The molecule has 1 aromatic heterocycles. The Morgan fingerprint density at radius 3 is 2.85 bits per heavy atom. The van der Waals surface area contributed by atoms with Crippen molar-refractivity contribution in [2.45, 2.75) is 46.0 Å². The Morgan fingerprint density at radius 1 is 1.38 bits per heavy atom. The van der Waals surface area contributed by atoms with Crippen LogP contribution >= 0.6 is 11.3 Å². The first-order chi connectivity index (χ1) is 12.6. The molecule has 0 spiro atoms. The molecule has 5 heteroatoms. The predicted octanol–water partition coefficient (Wildman–Crippen LogP) is 5.18. The van der Waals surface area contributed by atoms with Gasteiger partial charge in [0.15, 0.2) is 0 Å². The molecule has 0 radical (unpaired) electrons. The maximum atomic E-state index is 12.6. The number of nitrogens with one attached hydrogen (secondary N) is 1. The van der Waals surface area contributed by atoms with E-state index in [4.69, 9.17) is 4.74 Å². The molecule has 136 valence electrons. The van der Waals surface area contributed by atoms with Gasteiger partial charge in [0.1, 0.15) is 16.8 Å². The molecule has 0 bridgehead atoms. The summed E-state index contributed by atoms with van der Waals surface area (Å²) in [5, 5.41) is 13.2. The Kier molecular flexibility index (Phi) is 5.95. The van der Waals surface area contributed by atoms with Gasteiger partial charge in [-0.15, -0.1) is 11.3 Å². The fourth-order valence-electron chi connectivity index (χ4n) is 3.17. The largest absolute Gasteiger partial charge is 0.494 e. The minimum Gasteiger partial charge on any atom is -0.494 e. The SMILES string of the molecule is CCCCOc1ccc(C(=O)Nc2sc3c(c2C#N)CCC(C)C3)cc1. The summed E-state index contributed by atoms with van der Waals surface area (Å²) in [7, 11) is 0. The second kappa shape index (κ2) is 8.37. The van der Waals surface area contributed by atoms with Crippen LogP contribution in [0.3, 0.4) is 0 Å². The Morgan fingerprint density at radius 2 is 2.15 bits per heavy atom. The van der Waals surface area contributed by atoms with Crippen molar-refractivity contribution in [3.63, 3.8) is 0 Å². The minimum atomic E-state index is -0.187. The summed E-state index contributed by atoms with van der Waals surface area (Å²) in [6.45, 7) is 5.04. The van der Waals surface area contributed by atoms with Gasteiger partial charge in [0.25, 0.3) is 5.91 Å². The molecule has 1 heterocycles. The fourth-order valence-corrected chi connectivity index (χ4v) is 4.53. The molecule has 1 aromatic carbocycles. The molecule has 1 atom stereocenters. The molecular weight excluding hydrogens is 344 g/mol. The number of unbranched alkanes of at least 4 members (excludes halogenated alkanes) is 1. The van der Waals surface area contributed by atoms with Gasteiger partial charge < -0.3 is 10.1 Å². The van der Waals surface area contributed by atoms with E-state index < -0.39 is 0 Å². The summed E-state index contributed by atoms with van der Waals surface area (Å²) in [5.41, 5.74) is 2.34. The third-order valence-electron chi connectivity index (χ3n) is 4.73. The Hall–Kier alpha value is -2.32. The third kappa shape index (κ3) is 4.08. The highest BCUT2D eigenvalue weighted by Gasteiger charge is 2.24. The number of hydrogen-bond acceptors (Lipinski definition) is 4. The van der Waals surface area contributed by atoms with Crippen LogP contribution in [0, 0.1) is 17.2 Å². The van der Waals surface area contributed by atoms with Gasteiger partial charge >= 0.3 is 0 Å². The van der Waals surface area contributed by atoms with Crippen LogP contribution in [0.1, 0.15) is 59.5 Å². The van der Waals surface area contributed by atoms with Gasteiger partial charge in [0, 0.05) is 10.4 Å². The lowest BCUT2D eigenvalue weighted by atomic mass is 9.88. The Balaban J connectivity index is 1.71. The predicted molar refractivity (Wildman–Crippen MR) is 105 cm³/mol. The van der Waals surface area contributed by atoms with E-state index in [-0.39, 0.29) is 5.91 Å². The lowest BCUT2D eigenvalue weighted by Crippen LogP contribution is -2.12. The van der Waals surface area contributed by atoms with Crippen molar-refractivity contribution in [3.05, 3.63) is 45.8 Å². The minimum absolute atomic E-state index is 0.187. The number of thiophene rings is 1. The Labute approximate surface area is 158 Å². The van der Waals surface area contributed by atoms with Gasteiger partial charge in [-0.05, 0) is 61.4 Å². The zero-order valence-corrected chi connectivity index (χ0v) is 16.1. The molecule has 0 aliphatic heterocycles. The molecule has 1 unspecified atom stereocenters. The number of carbonyl (C=O) groups is 1. The number of benzene rings is 1. The summed E-state index contributed by atoms with van der Waals surface area (Å²) in [4.78, 5) is 13.8. The van der Waals surface area contributed by atoms with E-state index in [0.29, 0.717) is 28.7 Å². The van der Waals surface area contributed by atoms with E-state index in [0.717, 1.165) is 43.4 Å². The number of ether oxygens (including phenoxy) is 1. The molecule has 3 rings (SSSR count). The summed E-state index contributed by atoms with van der Waals surface area (Å²) in [6, 6.07) is 9.45. The number of nitrogens with zero attached hydrogens (tertiary/aromatic N) is 1. The van der Waals surface area contributed by atoms with Gasteiger partial charge in [-0.2, -0.15) is 5.26 Å². The smallest absolute Gasteiger partial charge is 0.256 e. The number of anilines is 1. The number of amides is 1. The molecule has 1 amide bonds. The Bertz CT molecular complexity index is 818. The first kappa shape index (κ1) is 18.5. The quantitative estimate of drug-likeness (QED) is 0.715. The molecule has 4 nitrogen and oxygen atoms in total. The summed E-state index contributed by atoms with van der Waals surface area (Å²) in [6.07, 6.45) is 5.13. The van der Waals surface area contributed by atoms with Crippen molar-refractivity contribution < 1.29 is 9.53 Å². The summed E-state index contributed by atoms with van der Waals surface area (Å²) >= 11 is 1.55. The van der Waals surface area contributed by atoms with Crippen molar-refractivity contribution in [1.82, 2.24) is 0 Å². The maximum Gasteiger partial charge on any atom is 0.256 e. The van der Waals surface area contributed by atoms with Crippen LogP contribution in [0.25, 0.3) is 0 Å². The van der Waals surface area contributed by atoms with Gasteiger partial charge in [-0.25, -0.2) is 0 Å². The average Bonchev–Trinajstić information content (AvgIpc) is 2.98. The van der Waals surface area contributed by atoms with Crippen LogP contribution in [0.5, 0.6) is 5.75 Å². The molecule has 1 N–H and O–H groups in total. The van der Waals surface area contributed by atoms with Crippen LogP contribution in [0.15, 0.2) is 24.3 Å². The summed E-state index contributed by atoms with van der Waals surface area (Å²) < 4.78 is 5.63. The first-order valence-corrected chi connectivity index (χ1v) is 10.0. The highest BCUT2D eigenvalue weighted by atomic mass is 32.1. The number of nitriles is 1. The van der Waals surface area contributed by atoms with Crippen molar-refractivity contribution in [1.29, 1.82) is 5.26 Å². The summed E-state index contributed by atoms with van der Waals surface area (Å²) in [5.74, 6) is 1.22. The number of carbonyl (C=O) groups excluding carboxylic acids is 1.